The van der Waals surface area contributed by atoms with Crippen molar-refractivity contribution < 1.29 is 34.5 Å². The molecule has 4 unspecified atom stereocenters. The van der Waals surface area contributed by atoms with Gasteiger partial charge in [0.1, 0.15) is 29.9 Å². The zero-order valence-corrected chi connectivity index (χ0v) is 18.5. The first kappa shape index (κ1) is 27.8. The molecule has 0 saturated heterocycles. The number of hydrogen-bond donors (Lipinski definition) is 8. The largest absolute Gasteiger partial charge is 0.508 e. The van der Waals surface area contributed by atoms with Gasteiger partial charge < -0.3 is 42.7 Å². The van der Waals surface area contributed by atoms with Gasteiger partial charge in [0.05, 0.1) is 6.61 Å². The third kappa shape index (κ3) is 9.85. The van der Waals surface area contributed by atoms with Crippen LogP contribution in [0.3, 0.4) is 0 Å². The number of benzene rings is 1. The van der Waals surface area contributed by atoms with Gasteiger partial charge in [0.25, 0.3) is 0 Å². The first-order chi connectivity index (χ1) is 15.6. The van der Waals surface area contributed by atoms with Crippen molar-refractivity contribution in [3.8, 4) is 5.75 Å². The number of carboxylic acid groups (broad SMARTS) is 1. The van der Waals surface area contributed by atoms with Gasteiger partial charge >= 0.3 is 5.97 Å². The molecule has 184 valence electrons. The lowest BCUT2D eigenvalue weighted by molar-refractivity contribution is -0.142. The van der Waals surface area contributed by atoms with Gasteiger partial charge in [-0.3, -0.25) is 14.4 Å². The van der Waals surface area contributed by atoms with Crippen LogP contribution in [0.5, 0.6) is 5.75 Å². The number of aromatic hydroxyl groups is 1. The van der Waals surface area contributed by atoms with Crippen LogP contribution in [-0.2, 0) is 25.6 Å². The lowest BCUT2D eigenvalue weighted by Crippen LogP contribution is -2.56. The molecule has 1 aromatic rings. The third-order valence-corrected chi connectivity index (χ3v) is 4.86. The summed E-state index contributed by atoms with van der Waals surface area (Å²) >= 11 is 0. The molecule has 0 aliphatic rings. The molecule has 4 atom stereocenters. The molecule has 0 heterocycles. The van der Waals surface area contributed by atoms with Crippen molar-refractivity contribution >= 4 is 23.7 Å². The minimum Gasteiger partial charge on any atom is -0.508 e. The van der Waals surface area contributed by atoms with Gasteiger partial charge in [0.2, 0.25) is 17.7 Å². The number of rotatable bonds is 14. The quantitative estimate of drug-likeness (QED) is 0.141. The Morgan fingerprint density at radius 2 is 1.55 bits per heavy atom. The lowest BCUT2D eigenvalue weighted by Gasteiger charge is -2.23. The summed E-state index contributed by atoms with van der Waals surface area (Å²) in [6.07, 6.45) is 1.34. The Labute approximate surface area is 191 Å². The van der Waals surface area contributed by atoms with Gasteiger partial charge in [-0.15, -0.1) is 0 Å². The predicted octanol–water partition coefficient (Wildman–Crippen LogP) is -2.06. The molecule has 0 spiro atoms. The number of aliphatic hydroxyl groups is 1. The summed E-state index contributed by atoms with van der Waals surface area (Å²) in [6, 6.07) is 1.31. The van der Waals surface area contributed by atoms with Crippen LogP contribution < -0.4 is 27.4 Å². The Kier molecular flexibility index (Phi) is 11.8. The number of carbonyl (C=O) groups excluding carboxylic acids is 3. The average Bonchev–Trinajstić information content (AvgIpc) is 2.78. The second-order valence-corrected chi connectivity index (χ2v) is 7.63. The van der Waals surface area contributed by atoms with E-state index in [1.165, 1.54) is 31.2 Å². The summed E-state index contributed by atoms with van der Waals surface area (Å²) in [5.41, 5.74) is 11.5. The van der Waals surface area contributed by atoms with Gasteiger partial charge in [0.15, 0.2) is 0 Å². The van der Waals surface area contributed by atoms with Crippen LogP contribution in [0.4, 0.5) is 0 Å². The standard InChI is InChI=1S/C21H33N5O7/c1-12(18(29)26-17(21(32)33)10-13-5-7-14(28)8-6-13)24-20(31)16(4-2-3-9-22)25-19(30)15(23)11-27/h5-8,12,15-17,27-28H,2-4,9-11,22-23H2,1H3,(H,24,31)(H,25,30)(H,26,29)(H,32,33). The van der Waals surface area contributed by atoms with Crippen LogP contribution in [0.2, 0.25) is 0 Å². The fraction of sp³-hybridized carbons (Fsp3) is 0.524. The molecule has 0 aliphatic carbocycles. The topological polar surface area (TPSA) is 217 Å². The second-order valence-electron chi connectivity index (χ2n) is 7.63. The molecule has 10 N–H and O–H groups in total. The van der Waals surface area contributed by atoms with Gasteiger partial charge in [-0.2, -0.15) is 0 Å². The lowest BCUT2D eigenvalue weighted by atomic mass is 10.1. The number of phenolic OH excluding ortho intramolecular Hbond substituents is 1. The van der Waals surface area contributed by atoms with E-state index in [-0.39, 0.29) is 18.6 Å². The van der Waals surface area contributed by atoms with E-state index < -0.39 is 54.5 Å². The van der Waals surface area contributed by atoms with E-state index in [4.69, 9.17) is 16.6 Å². The number of hydrogen-bond acceptors (Lipinski definition) is 8. The maximum Gasteiger partial charge on any atom is 0.326 e. The number of aliphatic carboxylic acids is 1. The molecule has 1 aromatic carbocycles. The van der Waals surface area contributed by atoms with Crippen molar-refractivity contribution in [2.24, 2.45) is 11.5 Å². The summed E-state index contributed by atoms with van der Waals surface area (Å²) in [7, 11) is 0. The van der Waals surface area contributed by atoms with Gasteiger partial charge in [-0.05, 0) is 50.4 Å². The monoisotopic (exact) mass is 467 g/mol. The van der Waals surface area contributed by atoms with E-state index in [0.717, 1.165) is 0 Å². The molecule has 1 rings (SSSR count). The second kappa shape index (κ2) is 14.0. The molecule has 0 bridgehead atoms. The number of nitrogens with two attached hydrogens (primary N) is 2. The van der Waals surface area contributed by atoms with Gasteiger partial charge in [0, 0.05) is 6.42 Å². The van der Waals surface area contributed by atoms with Gasteiger partial charge in [-0.25, -0.2) is 4.79 Å². The van der Waals surface area contributed by atoms with Crippen molar-refractivity contribution in [1.29, 1.82) is 0 Å². The minimum absolute atomic E-state index is 0.0269. The summed E-state index contributed by atoms with van der Waals surface area (Å²) < 4.78 is 0. The first-order valence-electron chi connectivity index (χ1n) is 10.6. The fourth-order valence-electron chi connectivity index (χ4n) is 2.87. The zero-order valence-electron chi connectivity index (χ0n) is 18.5. The number of carboxylic acids is 1. The SMILES string of the molecule is CC(NC(=O)C(CCCCN)NC(=O)C(N)CO)C(=O)NC(Cc1ccc(O)cc1)C(=O)O. The van der Waals surface area contributed by atoms with Crippen molar-refractivity contribution in [3.63, 3.8) is 0 Å². The molecule has 12 heteroatoms. The van der Waals surface area contributed by atoms with Crippen LogP contribution in [0.15, 0.2) is 24.3 Å². The molecule has 0 radical (unpaired) electrons. The van der Waals surface area contributed by atoms with Crippen molar-refractivity contribution in [1.82, 2.24) is 16.0 Å². The highest BCUT2D eigenvalue weighted by molar-refractivity contribution is 5.93. The van der Waals surface area contributed by atoms with Crippen LogP contribution in [0.25, 0.3) is 0 Å². The fourth-order valence-corrected chi connectivity index (χ4v) is 2.87. The predicted molar refractivity (Wildman–Crippen MR) is 119 cm³/mol. The maximum absolute atomic E-state index is 12.7. The maximum atomic E-state index is 12.7. The zero-order chi connectivity index (χ0) is 25.0. The Morgan fingerprint density at radius 1 is 0.939 bits per heavy atom. The van der Waals surface area contributed by atoms with Gasteiger partial charge in [-0.1, -0.05) is 12.1 Å². The number of phenols is 1. The highest BCUT2D eigenvalue weighted by Gasteiger charge is 2.28. The Morgan fingerprint density at radius 3 is 2.09 bits per heavy atom. The van der Waals surface area contributed by atoms with E-state index >= 15 is 0 Å². The van der Waals surface area contributed by atoms with Crippen molar-refractivity contribution in [2.75, 3.05) is 13.2 Å². The number of carbonyl (C=O) groups is 4. The van der Waals surface area contributed by atoms with E-state index in [1.807, 2.05) is 0 Å². The molecule has 0 fully saturated rings. The van der Waals surface area contributed by atoms with E-state index in [2.05, 4.69) is 16.0 Å². The van der Waals surface area contributed by atoms with E-state index in [1.54, 1.807) is 0 Å². The third-order valence-electron chi connectivity index (χ3n) is 4.86. The van der Waals surface area contributed by atoms with E-state index in [0.29, 0.717) is 24.9 Å². The van der Waals surface area contributed by atoms with Crippen LogP contribution in [-0.4, -0.2) is 76.3 Å². The molecule has 33 heavy (non-hydrogen) atoms. The molecule has 0 aliphatic heterocycles. The Bertz CT molecular complexity index is 803. The smallest absolute Gasteiger partial charge is 0.326 e. The summed E-state index contributed by atoms with van der Waals surface area (Å²) in [6.45, 7) is 1.18. The summed E-state index contributed by atoms with van der Waals surface area (Å²) in [4.78, 5) is 48.7. The normalized spacial score (nSPS) is 14.4. The molecular formula is C21H33N5O7. The highest BCUT2D eigenvalue weighted by atomic mass is 16.4. The molecule has 0 saturated carbocycles. The van der Waals surface area contributed by atoms with Crippen LogP contribution >= 0.6 is 0 Å². The van der Waals surface area contributed by atoms with Crippen LogP contribution in [0.1, 0.15) is 31.7 Å². The van der Waals surface area contributed by atoms with Crippen molar-refractivity contribution in [3.05, 3.63) is 29.8 Å². The average molecular weight is 468 g/mol. The van der Waals surface area contributed by atoms with Crippen LogP contribution in [0, 0.1) is 0 Å². The van der Waals surface area contributed by atoms with Crippen molar-refractivity contribution in [2.45, 2.75) is 56.8 Å². The summed E-state index contributed by atoms with van der Waals surface area (Å²) in [5.74, 6) is -3.34. The minimum atomic E-state index is -1.26. The first-order valence-corrected chi connectivity index (χ1v) is 10.6. The molecular weight excluding hydrogens is 434 g/mol. The summed E-state index contributed by atoms with van der Waals surface area (Å²) in [5, 5.41) is 35.1. The van der Waals surface area contributed by atoms with E-state index in [9.17, 15) is 29.4 Å². The molecule has 12 nitrogen and oxygen atoms in total. The Hall–Kier alpha value is -3.22. The number of aliphatic hydroxyl groups excluding tert-OH is 1. The number of unbranched alkanes of at least 4 members (excludes halogenated alkanes) is 1. The number of amides is 3. The molecule has 0 aromatic heterocycles. The number of nitrogens with one attached hydrogen (secondary N) is 3. The highest BCUT2D eigenvalue weighted by Crippen LogP contribution is 2.11. The Balaban J connectivity index is 2.77. The molecule has 3 amide bonds.